The second kappa shape index (κ2) is 6.52. The van der Waals surface area contributed by atoms with Crippen LogP contribution in [0, 0.1) is 13.8 Å². The molecule has 25 heavy (non-hydrogen) atoms. The standard InChI is InChI=1S/C17H14ClN3O4/c1-9-6-17(24)25-13-5-10(2)12(7-11(9)13)19-15(22)8-21-16(23)4-3-14(18)20-21/h3-7H,8H2,1-2H3,(H,19,22). The molecule has 8 heteroatoms. The van der Waals surface area contributed by atoms with Gasteiger partial charge in [-0.25, -0.2) is 9.48 Å². The van der Waals surface area contributed by atoms with Crippen molar-refractivity contribution in [1.29, 1.82) is 0 Å². The number of aromatic nitrogens is 2. The highest BCUT2D eigenvalue weighted by molar-refractivity contribution is 6.29. The van der Waals surface area contributed by atoms with E-state index in [1.807, 2.05) is 0 Å². The average Bonchev–Trinajstić information content (AvgIpc) is 2.52. The Balaban J connectivity index is 1.91. The van der Waals surface area contributed by atoms with Gasteiger partial charge in [0.1, 0.15) is 17.3 Å². The molecule has 128 valence electrons. The van der Waals surface area contributed by atoms with Crippen LogP contribution in [0.15, 0.2) is 44.3 Å². The molecule has 3 aromatic rings. The normalized spacial score (nSPS) is 10.8. The van der Waals surface area contributed by atoms with Crippen LogP contribution in [-0.2, 0) is 11.3 Å². The van der Waals surface area contributed by atoms with Crippen molar-refractivity contribution in [2.45, 2.75) is 20.4 Å². The first-order valence-corrected chi connectivity index (χ1v) is 7.80. The van der Waals surface area contributed by atoms with Gasteiger partial charge in [0.25, 0.3) is 5.56 Å². The minimum Gasteiger partial charge on any atom is -0.423 e. The maximum absolute atomic E-state index is 12.2. The summed E-state index contributed by atoms with van der Waals surface area (Å²) in [7, 11) is 0. The van der Waals surface area contributed by atoms with Crippen molar-refractivity contribution in [3.05, 3.63) is 67.4 Å². The molecule has 0 fully saturated rings. The highest BCUT2D eigenvalue weighted by Crippen LogP contribution is 2.25. The van der Waals surface area contributed by atoms with Crippen molar-refractivity contribution in [1.82, 2.24) is 9.78 Å². The van der Waals surface area contributed by atoms with Crippen LogP contribution in [0.25, 0.3) is 11.0 Å². The molecule has 0 aliphatic carbocycles. The molecule has 2 heterocycles. The van der Waals surface area contributed by atoms with Crippen molar-refractivity contribution in [3.8, 4) is 0 Å². The number of rotatable bonds is 3. The number of anilines is 1. The molecule has 2 aromatic heterocycles. The molecule has 0 spiro atoms. The van der Waals surface area contributed by atoms with Gasteiger partial charge in [-0.05, 0) is 43.2 Å². The Labute approximate surface area is 146 Å². The monoisotopic (exact) mass is 359 g/mol. The van der Waals surface area contributed by atoms with Crippen LogP contribution in [0.2, 0.25) is 5.15 Å². The van der Waals surface area contributed by atoms with Gasteiger partial charge in [-0.2, -0.15) is 5.10 Å². The van der Waals surface area contributed by atoms with Gasteiger partial charge in [0.2, 0.25) is 5.91 Å². The Morgan fingerprint density at radius 1 is 1.20 bits per heavy atom. The van der Waals surface area contributed by atoms with Crippen molar-refractivity contribution in [3.63, 3.8) is 0 Å². The molecule has 0 radical (unpaired) electrons. The van der Waals surface area contributed by atoms with E-state index in [2.05, 4.69) is 10.4 Å². The van der Waals surface area contributed by atoms with Crippen molar-refractivity contribution in [2.75, 3.05) is 5.32 Å². The summed E-state index contributed by atoms with van der Waals surface area (Å²) >= 11 is 5.74. The highest BCUT2D eigenvalue weighted by Gasteiger charge is 2.11. The van der Waals surface area contributed by atoms with Gasteiger partial charge in [-0.15, -0.1) is 0 Å². The topological polar surface area (TPSA) is 94.2 Å². The minimum absolute atomic E-state index is 0.125. The molecule has 0 saturated carbocycles. The van der Waals surface area contributed by atoms with E-state index in [0.717, 1.165) is 21.2 Å². The summed E-state index contributed by atoms with van der Waals surface area (Å²) in [5.74, 6) is -0.422. The van der Waals surface area contributed by atoms with Crippen LogP contribution in [-0.4, -0.2) is 15.7 Å². The molecule has 1 aromatic carbocycles. The van der Waals surface area contributed by atoms with E-state index in [4.69, 9.17) is 16.0 Å². The van der Waals surface area contributed by atoms with Gasteiger partial charge in [-0.1, -0.05) is 11.6 Å². The van der Waals surface area contributed by atoms with E-state index in [1.165, 1.54) is 18.2 Å². The lowest BCUT2D eigenvalue weighted by atomic mass is 10.1. The molecular formula is C17H14ClN3O4. The predicted octanol–water partition coefficient (Wildman–Crippen LogP) is 2.26. The number of nitrogens with one attached hydrogen (secondary N) is 1. The fourth-order valence-electron chi connectivity index (χ4n) is 2.46. The quantitative estimate of drug-likeness (QED) is 0.724. The number of nitrogens with zero attached hydrogens (tertiary/aromatic N) is 2. The number of benzene rings is 1. The molecule has 1 N–H and O–H groups in total. The molecule has 0 bridgehead atoms. The summed E-state index contributed by atoms with van der Waals surface area (Å²) in [4.78, 5) is 35.4. The Kier molecular flexibility index (Phi) is 4.41. The Hall–Kier alpha value is -2.93. The first-order chi connectivity index (χ1) is 11.8. The third-order valence-corrected chi connectivity index (χ3v) is 3.90. The van der Waals surface area contributed by atoms with Crippen LogP contribution in [0.3, 0.4) is 0 Å². The maximum Gasteiger partial charge on any atom is 0.336 e. The number of hydrogen-bond acceptors (Lipinski definition) is 5. The number of aryl methyl sites for hydroxylation is 2. The maximum atomic E-state index is 12.2. The molecule has 7 nitrogen and oxygen atoms in total. The van der Waals surface area contributed by atoms with E-state index in [-0.39, 0.29) is 11.7 Å². The lowest BCUT2D eigenvalue weighted by Gasteiger charge is -2.11. The van der Waals surface area contributed by atoms with E-state index >= 15 is 0 Å². The summed E-state index contributed by atoms with van der Waals surface area (Å²) in [5, 5.41) is 7.39. The highest BCUT2D eigenvalue weighted by atomic mass is 35.5. The lowest BCUT2D eigenvalue weighted by molar-refractivity contribution is -0.117. The van der Waals surface area contributed by atoms with Crippen molar-refractivity contribution < 1.29 is 9.21 Å². The van der Waals surface area contributed by atoms with Crippen molar-refractivity contribution >= 4 is 34.2 Å². The van der Waals surface area contributed by atoms with Gasteiger partial charge in [-0.3, -0.25) is 9.59 Å². The molecule has 0 unspecified atom stereocenters. The number of carbonyl (C=O) groups is 1. The van der Waals surface area contributed by atoms with E-state index in [0.29, 0.717) is 11.3 Å². The Morgan fingerprint density at radius 3 is 2.72 bits per heavy atom. The average molecular weight is 360 g/mol. The van der Waals surface area contributed by atoms with Crippen molar-refractivity contribution in [2.24, 2.45) is 0 Å². The van der Waals surface area contributed by atoms with Gasteiger partial charge < -0.3 is 9.73 Å². The zero-order valence-corrected chi connectivity index (χ0v) is 14.3. The Bertz CT molecular complexity index is 1100. The zero-order chi connectivity index (χ0) is 18.1. The van der Waals surface area contributed by atoms with Gasteiger partial charge >= 0.3 is 5.63 Å². The second-order valence-corrected chi connectivity index (χ2v) is 6.00. The third kappa shape index (κ3) is 3.61. The minimum atomic E-state index is -0.424. The summed E-state index contributed by atoms with van der Waals surface area (Å²) in [6.45, 7) is 3.30. The van der Waals surface area contributed by atoms with Crippen LogP contribution in [0.4, 0.5) is 5.69 Å². The van der Waals surface area contributed by atoms with Gasteiger partial charge in [0.15, 0.2) is 0 Å². The molecule has 0 aliphatic heterocycles. The van der Waals surface area contributed by atoms with E-state index in [1.54, 1.807) is 26.0 Å². The fraction of sp³-hybridized carbons (Fsp3) is 0.176. The molecule has 0 atom stereocenters. The number of carbonyl (C=O) groups excluding carboxylic acids is 1. The number of halogens is 1. The predicted molar refractivity (Wildman–Crippen MR) is 94.1 cm³/mol. The number of hydrogen-bond donors (Lipinski definition) is 1. The molecule has 3 rings (SSSR count). The van der Waals surface area contributed by atoms with Crippen LogP contribution < -0.4 is 16.5 Å². The Morgan fingerprint density at radius 2 is 1.96 bits per heavy atom. The molecular weight excluding hydrogens is 346 g/mol. The lowest BCUT2D eigenvalue weighted by Crippen LogP contribution is -2.29. The van der Waals surface area contributed by atoms with E-state index < -0.39 is 17.1 Å². The first-order valence-electron chi connectivity index (χ1n) is 7.42. The fourth-order valence-corrected chi connectivity index (χ4v) is 2.62. The number of amides is 1. The summed E-state index contributed by atoms with van der Waals surface area (Å²) in [6.07, 6.45) is 0. The van der Waals surface area contributed by atoms with Gasteiger partial charge in [0, 0.05) is 23.2 Å². The smallest absolute Gasteiger partial charge is 0.336 e. The molecule has 1 amide bonds. The third-order valence-electron chi connectivity index (χ3n) is 3.70. The van der Waals surface area contributed by atoms with Crippen LogP contribution >= 0.6 is 11.6 Å². The summed E-state index contributed by atoms with van der Waals surface area (Å²) < 4.78 is 6.15. The number of fused-ring (bicyclic) bond motifs is 1. The zero-order valence-electron chi connectivity index (χ0n) is 13.5. The SMILES string of the molecule is Cc1cc2oc(=O)cc(C)c2cc1NC(=O)Cn1nc(Cl)ccc1=O. The molecule has 0 saturated heterocycles. The second-order valence-electron chi connectivity index (χ2n) is 5.61. The summed E-state index contributed by atoms with van der Waals surface area (Å²) in [6, 6.07) is 7.41. The molecule has 0 aliphatic rings. The largest absolute Gasteiger partial charge is 0.423 e. The van der Waals surface area contributed by atoms with Crippen LogP contribution in [0.5, 0.6) is 0 Å². The first kappa shape index (κ1) is 16.9. The van der Waals surface area contributed by atoms with E-state index in [9.17, 15) is 14.4 Å². The van der Waals surface area contributed by atoms with Gasteiger partial charge in [0.05, 0.1) is 0 Å². The summed E-state index contributed by atoms with van der Waals surface area (Å²) in [5.41, 5.74) is 1.63. The van der Waals surface area contributed by atoms with Crippen LogP contribution in [0.1, 0.15) is 11.1 Å².